The summed E-state index contributed by atoms with van der Waals surface area (Å²) in [6.45, 7) is 0. The van der Waals surface area contributed by atoms with Crippen LogP contribution in [0.1, 0.15) is 0 Å². The molecule has 0 aliphatic heterocycles. The van der Waals surface area contributed by atoms with Crippen molar-refractivity contribution in [3.05, 3.63) is 109 Å². The van der Waals surface area contributed by atoms with Gasteiger partial charge in [-0.25, -0.2) is 0 Å². The summed E-state index contributed by atoms with van der Waals surface area (Å²) in [5.74, 6) is 0. The molecule has 0 fully saturated rings. The van der Waals surface area contributed by atoms with Crippen molar-refractivity contribution in [2.75, 3.05) is 0 Å². The minimum atomic E-state index is 0. The van der Waals surface area contributed by atoms with Crippen molar-refractivity contribution in [3.63, 3.8) is 0 Å². The summed E-state index contributed by atoms with van der Waals surface area (Å²) in [6, 6.07) is 37.5. The Balaban J connectivity index is 0.000000276. The van der Waals surface area contributed by atoms with E-state index in [4.69, 9.17) is 0 Å². The number of hydrogen-bond donors (Lipinski definition) is 0. The first-order chi connectivity index (χ1) is 10.9. The molecule has 0 radical (unpaired) electrons. The van der Waals surface area contributed by atoms with E-state index in [2.05, 4.69) is 78.9 Å². The van der Waals surface area contributed by atoms with Gasteiger partial charge in [0.25, 0.3) is 0 Å². The van der Waals surface area contributed by atoms with Crippen molar-refractivity contribution in [2.24, 2.45) is 0 Å². The van der Waals surface area contributed by atoms with Crippen LogP contribution in [0, 0.1) is 0 Å². The van der Waals surface area contributed by atoms with E-state index in [0.29, 0.717) is 0 Å². The van der Waals surface area contributed by atoms with Crippen LogP contribution in [-0.4, -0.2) is 0 Å². The standard InChI is InChI=1S/C17H13.C5H5.Hf/c1-3-8-14(9-4-1)16-12-7-13-17(16)15-10-5-2-6-11-15;1-2-4-5-3-1;/h1-13H;1-5H;/q-1;-5;. The van der Waals surface area contributed by atoms with Crippen molar-refractivity contribution in [1.29, 1.82) is 0 Å². The van der Waals surface area contributed by atoms with E-state index in [1.54, 1.807) is 0 Å². The summed E-state index contributed by atoms with van der Waals surface area (Å²) in [7, 11) is 0. The van der Waals surface area contributed by atoms with Gasteiger partial charge in [0.1, 0.15) is 0 Å². The third-order valence-electron chi connectivity index (χ3n) is 3.54. The van der Waals surface area contributed by atoms with Crippen LogP contribution in [0.25, 0.3) is 22.3 Å². The van der Waals surface area contributed by atoms with Gasteiger partial charge in [-0.3, -0.25) is 0 Å². The monoisotopic (exact) mass is 462 g/mol. The molecule has 0 unspecified atom stereocenters. The molecule has 0 amide bonds. The summed E-state index contributed by atoms with van der Waals surface area (Å²) in [6.07, 6.45) is 0. The van der Waals surface area contributed by atoms with Gasteiger partial charge < -0.3 is 30.3 Å². The summed E-state index contributed by atoms with van der Waals surface area (Å²) in [5.41, 5.74) is 5.15. The van der Waals surface area contributed by atoms with Crippen molar-refractivity contribution in [3.8, 4) is 22.3 Å². The third kappa shape index (κ3) is 4.74. The number of rotatable bonds is 2. The van der Waals surface area contributed by atoms with Crippen LogP contribution in [0.2, 0.25) is 0 Å². The zero-order valence-electron chi connectivity index (χ0n) is 12.9. The van der Waals surface area contributed by atoms with Gasteiger partial charge in [-0.05, 0) is 0 Å². The molecule has 0 atom stereocenters. The molecule has 0 N–H and O–H groups in total. The Morgan fingerprint density at radius 3 is 1.65 bits per heavy atom. The first kappa shape index (κ1) is 17.4. The van der Waals surface area contributed by atoms with Crippen molar-refractivity contribution in [2.45, 2.75) is 0 Å². The number of benzene rings is 2. The average molecular weight is 461 g/mol. The summed E-state index contributed by atoms with van der Waals surface area (Å²) in [4.78, 5) is 0. The Bertz CT molecular complexity index is 694. The van der Waals surface area contributed by atoms with Crippen LogP contribution in [0.15, 0.2) is 109 Å². The molecule has 0 spiro atoms. The van der Waals surface area contributed by atoms with Crippen LogP contribution in [0.4, 0.5) is 0 Å². The summed E-state index contributed by atoms with van der Waals surface area (Å²) < 4.78 is 0. The van der Waals surface area contributed by atoms with Gasteiger partial charge in [0.05, 0.1) is 0 Å². The van der Waals surface area contributed by atoms with Gasteiger partial charge in [0, 0.05) is 25.8 Å². The van der Waals surface area contributed by atoms with E-state index < -0.39 is 0 Å². The van der Waals surface area contributed by atoms with Crippen molar-refractivity contribution in [1.82, 2.24) is 0 Å². The van der Waals surface area contributed by atoms with E-state index in [1.807, 2.05) is 30.3 Å². The SMILES string of the molecule is [Hf].[cH-]1[cH-][cH-][cH-][cH-]1.c1ccc(-c2ccc[c-]2-c2ccccc2)cc1. The van der Waals surface area contributed by atoms with Gasteiger partial charge in [-0.15, -0.1) is 35.9 Å². The minimum absolute atomic E-state index is 0. The molecule has 1 heteroatoms. The maximum absolute atomic E-state index is 2.18. The second-order valence-corrected chi connectivity index (χ2v) is 5.05. The second-order valence-electron chi connectivity index (χ2n) is 5.05. The van der Waals surface area contributed by atoms with Gasteiger partial charge in [0.2, 0.25) is 0 Å². The molecule has 4 aromatic rings. The number of hydrogen-bond acceptors (Lipinski definition) is 0. The van der Waals surface area contributed by atoms with Crippen molar-refractivity contribution >= 4 is 0 Å². The van der Waals surface area contributed by atoms with Gasteiger partial charge in [-0.2, -0.15) is 0 Å². The normalized spacial score (nSPS) is 9.39. The Morgan fingerprint density at radius 2 is 1.09 bits per heavy atom. The first-order valence-corrected chi connectivity index (χ1v) is 7.48. The van der Waals surface area contributed by atoms with Crippen molar-refractivity contribution < 1.29 is 25.8 Å². The molecule has 23 heavy (non-hydrogen) atoms. The predicted octanol–water partition coefficient (Wildman–Crippen LogP) is 6.14. The Kier molecular flexibility index (Phi) is 6.96. The topological polar surface area (TPSA) is 0 Å². The van der Waals surface area contributed by atoms with Gasteiger partial charge >= 0.3 is 0 Å². The molecule has 0 bridgehead atoms. The predicted molar refractivity (Wildman–Crippen MR) is 94.9 cm³/mol. The Labute approximate surface area is 156 Å². The fourth-order valence-electron chi connectivity index (χ4n) is 2.48. The molecule has 116 valence electrons. The maximum Gasteiger partial charge on any atom is 0 e. The molecular formula is C22H18Hf-6. The van der Waals surface area contributed by atoms with Crippen LogP contribution >= 0.6 is 0 Å². The minimum Gasteiger partial charge on any atom is -0.748 e. The third-order valence-corrected chi connectivity index (χ3v) is 3.54. The molecule has 0 aliphatic rings. The zero-order valence-corrected chi connectivity index (χ0v) is 16.5. The van der Waals surface area contributed by atoms with Crippen LogP contribution < -0.4 is 0 Å². The van der Waals surface area contributed by atoms with Gasteiger partial charge in [-0.1, -0.05) is 65.2 Å². The van der Waals surface area contributed by atoms with E-state index in [-0.39, 0.29) is 25.8 Å². The quantitative estimate of drug-likeness (QED) is 0.249. The molecule has 0 heterocycles. The maximum atomic E-state index is 2.18. The molecule has 4 aromatic carbocycles. The van der Waals surface area contributed by atoms with E-state index in [9.17, 15) is 0 Å². The molecular weight excluding hydrogens is 443 g/mol. The Hall–Kier alpha value is -1.99. The Morgan fingerprint density at radius 1 is 0.565 bits per heavy atom. The smallest absolute Gasteiger partial charge is 0 e. The van der Waals surface area contributed by atoms with E-state index in [1.165, 1.54) is 22.3 Å². The van der Waals surface area contributed by atoms with Crippen LogP contribution in [0.3, 0.4) is 0 Å². The average Bonchev–Trinajstić information content (AvgIpc) is 3.31. The second kappa shape index (κ2) is 9.22. The molecule has 4 rings (SSSR count). The van der Waals surface area contributed by atoms with E-state index in [0.717, 1.165) is 0 Å². The summed E-state index contributed by atoms with van der Waals surface area (Å²) in [5, 5.41) is 0. The van der Waals surface area contributed by atoms with Crippen LogP contribution in [-0.2, 0) is 25.8 Å². The van der Waals surface area contributed by atoms with E-state index >= 15 is 0 Å². The molecule has 0 nitrogen and oxygen atoms in total. The fourth-order valence-corrected chi connectivity index (χ4v) is 2.48. The molecule has 0 saturated heterocycles. The van der Waals surface area contributed by atoms with Gasteiger partial charge in [0.15, 0.2) is 0 Å². The summed E-state index contributed by atoms with van der Waals surface area (Å²) >= 11 is 0. The van der Waals surface area contributed by atoms with Crippen LogP contribution in [0.5, 0.6) is 0 Å². The fraction of sp³-hybridized carbons (Fsp3) is 0. The molecule has 0 aliphatic carbocycles. The zero-order chi connectivity index (χ0) is 15.0. The largest absolute Gasteiger partial charge is 0.748 e. The molecule has 0 aromatic heterocycles. The first-order valence-electron chi connectivity index (χ1n) is 7.48. The molecule has 0 saturated carbocycles.